The van der Waals surface area contributed by atoms with Gasteiger partial charge in [-0.2, -0.15) is 0 Å². The maximum Gasteiger partial charge on any atom is 0.420 e. The maximum atomic E-state index is 15.6. The van der Waals surface area contributed by atoms with Gasteiger partial charge >= 0.3 is 18.0 Å². The summed E-state index contributed by atoms with van der Waals surface area (Å²) in [5.74, 6) is -3.01. The van der Waals surface area contributed by atoms with Crippen LogP contribution in [0.15, 0.2) is 52.7 Å². The van der Waals surface area contributed by atoms with Crippen LogP contribution in [0.2, 0.25) is 0 Å². The Morgan fingerprint density at radius 1 is 0.659 bits per heavy atom. The number of aromatic nitrogens is 1. The molecule has 4 unspecified atom stereocenters. The SMILES string of the molecule is C=Cc1ccc(COCC2CC(C(C)(C)C)C(OC(=O)C3=C(C(C)C)C(=Cc4[nH]c(NC(=O)C(C)(C)C)c(C(=O)OC5C(C(C)(C)C)CC(COC(=O)NS(C)(=O)=O)CC5C(C)(C)C)c4C(C)C)N=C3NC(=O)C(C)(C)C)C(C(C)(C)C)C2)cc1. The number of anilines is 1. The minimum atomic E-state index is -3.84. The maximum absolute atomic E-state index is 15.6. The van der Waals surface area contributed by atoms with Gasteiger partial charge in [-0.25, -0.2) is 32.5 Å². The zero-order valence-electron chi connectivity index (χ0n) is 55.7. The van der Waals surface area contributed by atoms with E-state index in [2.05, 4.69) is 117 Å². The Hall–Kier alpha value is -5.55. The summed E-state index contributed by atoms with van der Waals surface area (Å²) < 4.78 is 51.3. The van der Waals surface area contributed by atoms with Crippen molar-refractivity contribution in [3.63, 3.8) is 0 Å². The molecule has 0 saturated heterocycles. The van der Waals surface area contributed by atoms with Gasteiger partial charge in [0.1, 0.15) is 35.0 Å². The smallest absolute Gasteiger partial charge is 0.420 e. The number of nitrogens with zero attached hydrogens (tertiary/aromatic N) is 1. The molecule has 0 radical (unpaired) electrons. The number of nitrogens with one attached hydrogen (secondary N) is 4. The minimum absolute atomic E-state index is 0.0343. The van der Waals surface area contributed by atoms with Crippen LogP contribution in [0.4, 0.5) is 10.6 Å². The van der Waals surface area contributed by atoms with Gasteiger partial charge in [0.05, 0.1) is 25.2 Å². The van der Waals surface area contributed by atoms with Crippen molar-refractivity contribution in [3.05, 3.63) is 75.6 Å². The fourth-order valence-corrected chi connectivity index (χ4v) is 12.7. The Morgan fingerprint density at radius 2 is 1.11 bits per heavy atom. The Balaban J connectivity index is 1.65. The van der Waals surface area contributed by atoms with Crippen molar-refractivity contribution in [2.24, 2.45) is 78.9 Å². The number of amides is 3. The van der Waals surface area contributed by atoms with E-state index in [1.165, 1.54) is 0 Å². The molecule has 2 aliphatic carbocycles. The summed E-state index contributed by atoms with van der Waals surface area (Å²) in [6.45, 7) is 49.1. The molecule has 1 aromatic heterocycles. The second-order valence-electron chi connectivity index (χ2n) is 31.4. The number of allylic oxidation sites excluding steroid dienone is 1. The molecule has 2 heterocycles. The van der Waals surface area contributed by atoms with Crippen molar-refractivity contribution in [2.75, 3.05) is 24.8 Å². The molecule has 2 saturated carbocycles. The van der Waals surface area contributed by atoms with Crippen LogP contribution in [0.1, 0.15) is 217 Å². The van der Waals surface area contributed by atoms with Crippen molar-refractivity contribution >= 4 is 63.7 Å². The third-order valence-electron chi connectivity index (χ3n) is 17.2. The zero-order valence-corrected chi connectivity index (χ0v) is 56.6. The van der Waals surface area contributed by atoms with E-state index in [1.807, 2.05) is 50.6 Å². The van der Waals surface area contributed by atoms with E-state index in [0.717, 1.165) is 30.2 Å². The van der Waals surface area contributed by atoms with Gasteiger partial charge in [-0.3, -0.25) is 9.59 Å². The molecular weight excluding hydrogens is 1090 g/mol. The lowest BCUT2D eigenvalue weighted by molar-refractivity contribution is -0.166. The molecule has 1 aromatic carbocycles. The molecule has 16 nitrogen and oxygen atoms in total. The van der Waals surface area contributed by atoms with Crippen LogP contribution in [-0.4, -0.2) is 80.8 Å². The van der Waals surface area contributed by atoms with Gasteiger partial charge in [0.2, 0.25) is 21.8 Å². The van der Waals surface area contributed by atoms with E-state index in [9.17, 15) is 22.8 Å². The monoisotopic (exact) mass is 1200 g/mol. The predicted molar refractivity (Wildman–Crippen MR) is 340 cm³/mol. The number of carbonyl (C=O) groups is 5. The fraction of sp³-hybridized carbons (Fsp3) is 0.676. The summed E-state index contributed by atoms with van der Waals surface area (Å²) in [4.78, 5) is 80.4. The van der Waals surface area contributed by atoms with Gasteiger partial charge < -0.3 is 34.6 Å². The summed E-state index contributed by atoms with van der Waals surface area (Å²) in [5.41, 5.74) is 1.19. The van der Waals surface area contributed by atoms with E-state index in [4.69, 9.17) is 23.9 Å². The number of H-pyrrole nitrogens is 1. The Morgan fingerprint density at radius 3 is 1.52 bits per heavy atom. The highest BCUT2D eigenvalue weighted by Crippen LogP contribution is 2.52. The number of sulfonamides is 1. The number of carbonyl (C=O) groups excluding carboxylic acids is 5. The highest BCUT2D eigenvalue weighted by atomic mass is 32.2. The van der Waals surface area contributed by atoms with Gasteiger partial charge in [-0.1, -0.05) is 189 Å². The van der Waals surface area contributed by atoms with E-state index >= 15 is 9.59 Å². The second kappa shape index (κ2) is 26.4. The highest BCUT2D eigenvalue weighted by Gasteiger charge is 2.52. The molecule has 0 bridgehead atoms. The van der Waals surface area contributed by atoms with Crippen LogP contribution in [-0.2, 0) is 50.0 Å². The predicted octanol–water partition coefficient (Wildman–Crippen LogP) is 14.4. The van der Waals surface area contributed by atoms with Crippen molar-refractivity contribution < 1.29 is 51.3 Å². The number of amidine groups is 1. The average molecular weight is 1200 g/mol. The van der Waals surface area contributed by atoms with Crippen LogP contribution >= 0.6 is 0 Å². The van der Waals surface area contributed by atoms with Gasteiger partial charge in [0, 0.05) is 46.8 Å². The first-order valence-electron chi connectivity index (χ1n) is 30.5. The number of aliphatic imine (C=N–C) groups is 1. The summed E-state index contributed by atoms with van der Waals surface area (Å²) >= 11 is 0. The van der Waals surface area contributed by atoms with Crippen LogP contribution in [0.25, 0.3) is 12.2 Å². The number of esters is 2. The molecule has 5 rings (SSSR count). The molecular formula is C68H105N5O11S. The van der Waals surface area contributed by atoms with E-state index in [-0.39, 0.29) is 99.4 Å². The Labute approximate surface area is 509 Å². The number of hydrogen-bond donors (Lipinski definition) is 4. The second-order valence-corrected chi connectivity index (χ2v) is 33.2. The topological polar surface area (TPSA) is 221 Å². The quantitative estimate of drug-likeness (QED) is 0.0914. The number of ether oxygens (including phenoxy) is 4. The summed E-state index contributed by atoms with van der Waals surface area (Å²) in [7, 11) is -3.84. The van der Waals surface area contributed by atoms with Gasteiger partial charge in [-0.15, -0.1) is 0 Å². The highest BCUT2D eigenvalue weighted by molar-refractivity contribution is 7.89. The summed E-state index contributed by atoms with van der Waals surface area (Å²) in [5, 5.41) is 6.08. The lowest BCUT2D eigenvalue weighted by atomic mass is 9.58. The van der Waals surface area contributed by atoms with Gasteiger partial charge in [-0.05, 0) is 99.4 Å². The first-order chi connectivity index (χ1) is 38.7. The number of benzene rings is 1. The third-order valence-corrected chi connectivity index (χ3v) is 17.7. The molecule has 3 amide bonds. The van der Waals surface area contributed by atoms with Gasteiger partial charge in [0.25, 0.3) is 0 Å². The molecule has 2 aromatic rings. The molecule has 3 aliphatic rings. The number of aromatic amines is 1. The lowest BCUT2D eigenvalue weighted by Gasteiger charge is -2.50. The first kappa shape index (κ1) is 70.2. The normalized spacial score (nSPS) is 23.4. The average Bonchev–Trinajstić information content (AvgIpc) is 3.28. The molecule has 1 aliphatic heterocycles. The summed E-state index contributed by atoms with van der Waals surface area (Å²) in [6, 6.07) is 8.19. The number of rotatable bonds is 16. The molecule has 474 valence electrons. The van der Waals surface area contributed by atoms with E-state index in [0.29, 0.717) is 48.6 Å². The van der Waals surface area contributed by atoms with Crippen molar-refractivity contribution in [2.45, 2.75) is 203 Å². The fourth-order valence-electron chi connectivity index (χ4n) is 12.3. The minimum Gasteiger partial charge on any atom is -0.458 e. The zero-order chi connectivity index (χ0) is 64.5. The van der Waals surface area contributed by atoms with E-state index in [1.54, 1.807) is 47.6 Å². The Bertz CT molecular complexity index is 2940. The molecule has 0 spiro atoms. The van der Waals surface area contributed by atoms with Crippen LogP contribution < -0.4 is 15.4 Å². The van der Waals surface area contributed by atoms with Gasteiger partial charge in [0.15, 0.2) is 0 Å². The molecule has 2 fully saturated rings. The molecule has 4 N–H and O–H groups in total. The number of hydrogen-bond acceptors (Lipinski definition) is 12. The standard InChI is InChI=1S/C68H105N5O11S/c1-25-40-26-28-41(29-27-40)35-81-36-42-30-44(63(6,7)8)54(45(31-42)64(9,10)11)83-58(74)52-50(38(2)3)48(69-56(52)71-60(76)67(18,19)20)34-49-51(39(4)5)53(57(70-49)72-61(77)68(21,22)23)59(75)84-55-46(65(12,13)14)32-43(33-47(55)66(15,16)17)37-82-62(78)73-85(24,79)80/h25-29,34,38-39,42-47,54-55,70H,1,30-33,35-37H2,2-24H3,(H,72,77)(H,73,78)(H,69,71,76). The Kier molecular flexibility index (Phi) is 21.8. The molecule has 17 heteroatoms. The molecule has 4 atom stereocenters. The lowest BCUT2D eigenvalue weighted by Crippen LogP contribution is -2.51. The van der Waals surface area contributed by atoms with Crippen LogP contribution in [0.5, 0.6) is 0 Å². The summed E-state index contributed by atoms with van der Waals surface area (Å²) in [6.07, 6.45) is 4.86. The molecule has 85 heavy (non-hydrogen) atoms. The largest absolute Gasteiger partial charge is 0.458 e. The van der Waals surface area contributed by atoms with Crippen molar-refractivity contribution in [1.82, 2.24) is 15.0 Å². The van der Waals surface area contributed by atoms with Crippen molar-refractivity contribution in [1.29, 1.82) is 0 Å². The van der Waals surface area contributed by atoms with Crippen LogP contribution in [0.3, 0.4) is 0 Å². The van der Waals surface area contributed by atoms with Crippen molar-refractivity contribution in [3.8, 4) is 0 Å². The first-order valence-corrected chi connectivity index (χ1v) is 32.4. The third kappa shape index (κ3) is 18.3. The van der Waals surface area contributed by atoms with Crippen LogP contribution in [0, 0.1) is 73.9 Å². The van der Waals surface area contributed by atoms with E-state index < -0.39 is 61.9 Å².